The number of nitrogens with zero attached hydrogens (tertiary/aromatic N) is 3. The monoisotopic (exact) mass is 368 g/mol. The van der Waals surface area contributed by atoms with Gasteiger partial charge in [0.2, 0.25) is 0 Å². The number of fused-ring (bicyclic) bond motifs is 2. The highest BCUT2D eigenvalue weighted by Gasteiger charge is 2.37. The number of aliphatic imine (C=N–C) groups is 1. The predicted octanol–water partition coefficient (Wildman–Crippen LogP) is 3.25. The largest absolute Gasteiger partial charge is 0.370 e. The molecule has 0 spiro atoms. The third-order valence-corrected chi connectivity index (χ3v) is 5.09. The van der Waals surface area contributed by atoms with E-state index in [1.54, 1.807) is 0 Å². The van der Waals surface area contributed by atoms with E-state index in [1.807, 2.05) is 10.1 Å². The van der Waals surface area contributed by atoms with Crippen molar-refractivity contribution in [3.8, 4) is 0 Å². The molecule has 7 nitrogen and oxygen atoms in total. The molecule has 0 aromatic carbocycles. The Bertz CT molecular complexity index is 405. The van der Waals surface area contributed by atoms with E-state index in [9.17, 15) is 0 Å². The molecular formula is C19H40N6O. The summed E-state index contributed by atoms with van der Waals surface area (Å²) in [6.07, 6.45) is 15.0. The summed E-state index contributed by atoms with van der Waals surface area (Å²) in [6, 6.07) is 0. The van der Waals surface area contributed by atoms with Gasteiger partial charge in [0.1, 0.15) is 0 Å². The van der Waals surface area contributed by atoms with Crippen molar-refractivity contribution in [1.82, 2.24) is 20.8 Å². The third-order valence-electron chi connectivity index (χ3n) is 5.09. The van der Waals surface area contributed by atoms with Crippen LogP contribution in [0.2, 0.25) is 0 Å². The van der Waals surface area contributed by atoms with Crippen LogP contribution in [0, 0.1) is 0 Å². The quantitative estimate of drug-likeness (QED) is 0.409. The number of nitrogens with two attached hydrogens (primary N) is 1. The van der Waals surface area contributed by atoms with Crippen LogP contribution >= 0.6 is 0 Å². The first-order valence-corrected chi connectivity index (χ1v) is 10.8. The first-order chi connectivity index (χ1) is 12.7. The average molecular weight is 369 g/mol. The Morgan fingerprint density at radius 1 is 0.846 bits per heavy atom. The fourth-order valence-corrected chi connectivity index (χ4v) is 3.49. The molecule has 2 aliphatic heterocycles. The Balaban J connectivity index is 1.72. The lowest BCUT2D eigenvalue weighted by atomic mass is 10.1. The van der Waals surface area contributed by atoms with Gasteiger partial charge in [-0.25, -0.2) is 15.2 Å². The van der Waals surface area contributed by atoms with E-state index in [0.29, 0.717) is 5.96 Å². The van der Waals surface area contributed by atoms with E-state index in [2.05, 4.69) is 29.5 Å². The molecular weight excluding hydrogens is 328 g/mol. The second-order valence-electron chi connectivity index (χ2n) is 7.50. The van der Waals surface area contributed by atoms with Crippen molar-refractivity contribution >= 4 is 5.96 Å². The molecule has 2 unspecified atom stereocenters. The number of guanidine groups is 1. The Morgan fingerprint density at radius 3 is 2.00 bits per heavy atom. The van der Waals surface area contributed by atoms with Crippen molar-refractivity contribution in [1.29, 1.82) is 0 Å². The van der Waals surface area contributed by atoms with E-state index in [0.717, 1.165) is 25.9 Å². The van der Waals surface area contributed by atoms with Crippen LogP contribution in [-0.4, -0.2) is 41.8 Å². The molecule has 2 heterocycles. The zero-order valence-electron chi connectivity index (χ0n) is 16.9. The third kappa shape index (κ3) is 7.39. The van der Waals surface area contributed by atoms with Crippen LogP contribution in [-0.2, 0) is 4.94 Å². The van der Waals surface area contributed by atoms with Gasteiger partial charge in [0, 0.05) is 13.1 Å². The van der Waals surface area contributed by atoms with Crippen LogP contribution in [0.1, 0.15) is 90.9 Å². The molecule has 0 radical (unpaired) electrons. The van der Waals surface area contributed by atoms with Crippen molar-refractivity contribution in [2.45, 2.75) is 103 Å². The van der Waals surface area contributed by atoms with Crippen LogP contribution in [0.15, 0.2) is 4.99 Å². The number of hydroxylamine groups is 4. The molecule has 2 rings (SSSR count). The van der Waals surface area contributed by atoms with E-state index >= 15 is 0 Å². The minimum Gasteiger partial charge on any atom is -0.370 e. The summed E-state index contributed by atoms with van der Waals surface area (Å²) in [4.78, 5) is 10.6. The number of hydrogen-bond acceptors (Lipinski definition) is 7. The molecule has 0 aromatic rings. The maximum Gasteiger partial charge on any atom is 0.193 e. The molecule has 4 N–H and O–H groups in total. The van der Waals surface area contributed by atoms with Gasteiger partial charge >= 0.3 is 0 Å². The first-order valence-electron chi connectivity index (χ1n) is 10.8. The molecule has 1 saturated heterocycles. The minimum atomic E-state index is -0.183. The Morgan fingerprint density at radius 2 is 1.38 bits per heavy atom. The maximum atomic E-state index is 6.14. The molecule has 0 aliphatic carbocycles. The zero-order valence-corrected chi connectivity index (χ0v) is 16.9. The second kappa shape index (κ2) is 12.5. The normalized spacial score (nSPS) is 23.7. The smallest absolute Gasteiger partial charge is 0.193 e. The molecule has 7 heteroatoms. The fraction of sp³-hybridized carbons (Fsp3) is 0.947. The van der Waals surface area contributed by atoms with Gasteiger partial charge in [0.15, 0.2) is 18.5 Å². The highest BCUT2D eigenvalue weighted by molar-refractivity contribution is 5.78. The zero-order chi connectivity index (χ0) is 18.6. The van der Waals surface area contributed by atoms with E-state index in [1.165, 1.54) is 64.2 Å². The van der Waals surface area contributed by atoms with Crippen molar-refractivity contribution in [3.63, 3.8) is 0 Å². The lowest BCUT2D eigenvalue weighted by molar-refractivity contribution is -0.394. The van der Waals surface area contributed by atoms with Gasteiger partial charge in [0.25, 0.3) is 0 Å². The van der Waals surface area contributed by atoms with Gasteiger partial charge in [0.05, 0.1) is 0 Å². The van der Waals surface area contributed by atoms with Crippen LogP contribution in [0.3, 0.4) is 0 Å². The molecule has 152 valence electrons. The van der Waals surface area contributed by atoms with Gasteiger partial charge in [-0.1, -0.05) is 78.1 Å². The summed E-state index contributed by atoms with van der Waals surface area (Å²) in [7, 11) is 0. The molecule has 0 amide bonds. The van der Waals surface area contributed by atoms with Crippen LogP contribution < -0.4 is 16.4 Å². The van der Waals surface area contributed by atoms with Gasteiger partial charge in [-0.05, 0) is 12.8 Å². The highest BCUT2D eigenvalue weighted by atomic mass is 16.8. The summed E-state index contributed by atoms with van der Waals surface area (Å²) < 4.78 is 0. The molecule has 2 aliphatic rings. The van der Waals surface area contributed by atoms with Crippen LogP contribution in [0.4, 0.5) is 0 Å². The van der Waals surface area contributed by atoms with Gasteiger partial charge in [-0.3, -0.25) is 0 Å². The molecule has 0 saturated carbocycles. The van der Waals surface area contributed by atoms with Crippen LogP contribution in [0.25, 0.3) is 0 Å². The lowest BCUT2D eigenvalue weighted by Crippen LogP contribution is -2.72. The van der Waals surface area contributed by atoms with Crippen LogP contribution in [0.5, 0.6) is 0 Å². The summed E-state index contributed by atoms with van der Waals surface area (Å²) in [5, 5.41) is 10.5. The standard InChI is InChI=1S/C19H40N6O/c1-3-5-7-9-11-13-15-24-18-21-17(20)22-19(23-18)25(26-24)16-14-12-10-8-6-4-2/h18-19,23H,3-16H2,1-2H3,(H3,20,21,22). The number of hydrogen-bond donors (Lipinski definition) is 3. The first kappa shape index (κ1) is 21.4. The van der Waals surface area contributed by atoms with Crippen molar-refractivity contribution in [2.75, 3.05) is 13.1 Å². The number of nitrogens with one attached hydrogen (secondary N) is 2. The Labute approximate surface area is 159 Å². The van der Waals surface area contributed by atoms with Gasteiger partial charge < -0.3 is 11.1 Å². The molecule has 26 heavy (non-hydrogen) atoms. The molecule has 2 atom stereocenters. The van der Waals surface area contributed by atoms with E-state index in [-0.39, 0.29) is 12.6 Å². The van der Waals surface area contributed by atoms with Gasteiger partial charge in [-0.15, -0.1) is 10.1 Å². The molecule has 2 bridgehead atoms. The average Bonchev–Trinajstić information content (AvgIpc) is 2.63. The summed E-state index contributed by atoms with van der Waals surface area (Å²) >= 11 is 0. The van der Waals surface area contributed by atoms with E-state index in [4.69, 9.17) is 10.7 Å². The van der Waals surface area contributed by atoms with Crippen molar-refractivity contribution in [3.05, 3.63) is 0 Å². The number of rotatable bonds is 14. The summed E-state index contributed by atoms with van der Waals surface area (Å²) in [5.74, 6) is 0.489. The predicted molar refractivity (Wildman–Crippen MR) is 107 cm³/mol. The Hall–Kier alpha value is -0.890. The lowest BCUT2D eigenvalue weighted by Gasteiger charge is -2.46. The van der Waals surface area contributed by atoms with Crippen molar-refractivity contribution in [2.24, 2.45) is 10.7 Å². The second-order valence-corrected chi connectivity index (χ2v) is 7.50. The van der Waals surface area contributed by atoms with Crippen molar-refractivity contribution < 1.29 is 4.94 Å². The summed E-state index contributed by atoms with van der Waals surface area (Å²) in [6.45, 7) is 6.27. The topological polar surface area (TPSA) is 78.2 Å². The molecule has 1 fully saturated rings. The minimum absolute atomic E-state index is 0.0889. The fourth-order valence-electron chi connectivity index (χ4n) is 3.49. The SMILES string of the molecule is CCCCCCCCN1ON(CCCCCCCC)C2NC(N)=NC1N2. The van der Waals surface area contributed by atoms with E-state index < -0.39 is 0 Å². The van der Waals surface area contributed by atoms with Gasteiger partial charge in [-0.2, -0.15) is 0 Å². The highest BCUT2D eigenvalue weighted by Crippen LogP contribution is 2.18. The number of unbranched alkanes of at least 4 members (excludes halogenated alkanes) is 10. The maximum absolute atomic E-state index is 6.14. The summed E-state index contributed by atoms with van der Waals surface area (Å²) in [5.41, 5.74) is 5.96. The Kier molecular flexibility index (Phi) is 10.3. The molecule has 0 aromatic heterocycles.